The van der Waals surface area contributed by atoms with E-state index in [1.165, 1.54) is 12.8 Å². The van der Waals surface area contributed by atoms with Gasteiger partial charge in [-0.15, -0.1) is 0 Å². The molecule has 2 aliphatic rings. The molecule has 2 aromatic heterocycles. The lowest BCUT2D eigenvalue weighted by Crippen LogP contribution is -2.40. The van der Waals surface area contributed by atoms with Gasteiger partial charge in [0.2, 0.25) is 0 Å². The number of aryl methyl sites for hydroxylation is 1. The third-order valence-electron chi connectivity index (χ3n) is 8.23. The number of fused-ring (bicyclic) bond motifs is 1. The maximum absolute atomic E-state index is 13.6. The van der Waals surface area contributed by atoms with Crippen LogP contribution in [0.3, 0.4) is 0 Å². The standard InChI is InChI=1S/C30H36N6O2/c1-5-35-27-23(13-22(14-25(27)38-4)30(37)36-15-18(2)26(31)19(36)3)32-29(35)24-17-34(16-20-11-12-20)28(33-24)21-9-7-6-8-10-21/h6-10,13-14,17-20,26H,5,11-12,15-16,31H2,1-4H3/t18-,19-,26-/m1/s1. The molecule has 2 fully saturated rings. The number of benzene rings is 2. The van der Waals surface area contributed by atoms with E-state index in [1.54, 1.807) is 7.11 Å². The van der Waals surface area contributed by atoms with Crippen molar-refractivity contribution in [3.05, 3.63) is 54.2 Å². The van der Waals surface area contributed by atoms with Gasteiger partial charge < -0.3 is 24.5 Å². The van der Waals surface area contributed by atoms with Gasteiger partial charge in [0.1, 0.15) is 22.8 Å². The highest BCUT2D eigenvalue weighted by molar-refractivity contribution is 6.00. The van der Waals surface area contributed by atoms with Crippen LogP contribution in [0.4, 0.5) is 0 Å². The minimum absolute atomic E-state index is 0.0187. The summed E-state index contributed by atoms with van der Waals surface area (Å²) >= 11 is 0. The Morgan fingerprint density at radius 3 is 2.50 bits per heavy atom. The van der Waals surface area contributed by atoms with Gasteiger partial charge in [-0.05, 0) is 50.7 Å². The van der Waals surface area contributed by atoms with Crippen LogP contribution < -0.4 is 10.5 Å². The molecule has 198 valence electrons. The van der Waals surface area contributed by atoms with Crippen LogP contribution in [0.15, 0.2) is 48.7 Å². The van der Waals surface area contributed by atoms with Gasteiger partial charge in [0.05, 0.1) is 12.6 Å². The summed E-state index contributed by atoms with van der Waals surface area (Å²) in [5.41, 5.74) is 10.4. The number of carbonyl (C=O) groups is 1. The Hall–Kier alpha value is -3.65. The molecule has 3 atom stereocenters. The Balaban J connectivity index is 1.45. The maximum Gasteiger partial charge on any atom is 0.254 e. The molecule has 6 rings (SSSR count). The van der Waals surface area contributed by atoms with Gasteiger partial charge in [-0.2, -0.15) is 0 Å². The zero-order valence-corrected chi connectivity index (χ0v) is 22.6. The number of nitrogens with zero attached hydrogens (tertiary/aromatic N) is 5. The lowest BCUT2D eigenvalue weighted by molar-refractivity contribution is 0.0739. The molecule has 3 heterocycles. The Labute approximate surface area is 223 Å². The maximum atomic E-state index is 13.6. The van der Waals surface area contributed by atoms with Crippen molar-refractivity contribution in [2.45, 2.75) is 58.8 Å². The molecule has 1 saturated heterocycles. The molecular formula is C30H36N6O2. The van der Waals surface area contributed by atoms with Gasteiger partial charge in [0, 0.05) is 49.0 Å². The first-order valence-electron chi connectivity index (χ1n) is 13.7. The number of amides is 1. The van der Waals surface area contributed by atoms with Crippen LogP contribution in [-0.2, 0) is 13.1 Å². The molecule has 1 aliphatic heterocycles. The van der Waals surface area contributed by atoms with Gasteiger partial charge in [0.15, 0.2) is 5.82 Å². The lowest BCUT2D eigenvalue weighted by Gasteiger charge is -2.23. The molecule has 1 saturated carbocycles. The second kappa shape index (κ2) is 9.58. The van der Waals surface area contributed by atoms with Crippen molar-refractivity contribution in [3.63, 3.8) is 0 Å². The third kappa shape index (κ3) is 4.17. The van der Waals surface area contributed by atoms with Crippen molar-refractivity contribution in [1.29, 1.82) is 0 Å². The SMILES string of the molecule is CCn1c(-c2cn(CC3CC3)c(-c3ccccc3)n2)nc2cc(C(=O)N3C[C@@H](C)[C@@H](N)[C@H]3C)cc(OC)c21. The molecular weight excluding hydrogens is 476 g/mol. The monoisotopic (exact) mass is 512 g/mol. The number of aromatic nitrogens is 4. The van der Waals surface area contributed by atoms with Crippen molar-refractivity contribution >= 4 is 16.9 Å². The van der Waals surface area contributed by atoms with Crippen molar-refractivity contribution in [2.75, 3.05) is 13.7 Å². The minimum Gasteiger partial charge on any atom is -0.494 e. The number of hydrogen-bond donors (Lipinski definition) is 1. The van der Waals surface area contributed by atoms with E-state index in [1.807, 2.05) is 42.2 Å². The highest BCUT2D eigenvalue weighted by Gasteiger charge is 2.37. The average molecular weight is 513 g/mol. The first-order valence-corrected chi connectivity index (χ1v) is 13.7. The van der Waals surface area contributed by atoms with Crippen molar-refractivity contribution in [2.24, 2.45) is 17.6 Å². The van der Waals surface area contributed by atoms with Gasteiger partial charge in [0.25, 0.3) is 5.91 Å². The topological polar surface area (TPSA) is 91.2 Å². The van der Waals surface area contributed by atoms with Gasteiger partial charge in [-0.25, -0.2) is 9.97 Å². The smallest absolute Gasteiger partial charge is 0.254 e. The average Bonchev–Trinajstić information content (AvgIpc) is 3.44. The summed E-state index contributed by atoms with van der Waals surface area (Å²) in [6.45, 7) is 8.52. The summed E-state index contributed by atoms with van der Waals surface area (Å²) in [5.74, 6) is 3.30. The van der Waals surface area contributed by atoms with Gasteiger partial charge in [-0.1, -0.05) is 37.3 Å². The van der Waals surface area contributed by atoms with Crippen LogP contribution in [0.2, 0.25) is 0 Å². The van der Waals surface area contributed by atoms with Gasteiger partial charge in [-0.3, -0.25) is 4.79 Å². The van der Waals surface area contributed by atoms with Crippen molar-refractivity contribution < 1.29 is 9.53 Å². The van der Waals surface area contributed by atoms with Crippen LogP contribution in [0.5, 0.6) is 5.75 Å². The molecule has 1 aliphatic carbocycles. The summed E-state index contributed by atoms with van der Waals surface area (Å²) in [5, 5.41) is 0. The van der Waals surface area contributed by atoms with E-state index in [2.05, 4.69) is 41.3 Å². The molecule has 1 amide bonds. The van der Waals surface area contributed by atoms with E-state index in [0.29, 0.717) is 30.3 Å². The normalized spacial score (nSPS) is 21.4. The molecule has 0 bridgehead atoms. The Morgan fingerprint density at radius 1 is 1.11 bits per heavy atom. The van der Waals surface area contributed by atoms with Crippen LogP contribution in [0.1, 0.15) is 44.0 Å². The molecule has 38 heavy (non-hydrogen) atoms. The van der Waals surface area contributed by atoms with E-state index in [0.717, 1.165) is 40.5 Å². The van der Waals surface area contributed by atoms with E-state index >= 15 is 0 Å². The minimum atomic E-state index is -0.0369. The number of rotatable bonds is 7. The van der Waals surface area contributed by atoms with Crippen LogP contribution >= 0.6 is 0 Å². The van der Waals surface area contributed by atoms with Crippen LogP contribution in [-0.4, -0.2) is 55.6 Å². The number of hydrogen-bond acceptors (Lipinski definition) is 5. The molecule has 8 nitrogen and oxygen atoms in total. The summed E-state index contributed by atoms with van der Waals surface area (Å²) in [6.07, 6.45) is 4.66. The first-order chi connectivity index (χ1) is 18.4. The quantitative estimate of drug-likeness (QED) is 0.384. The van der Waals surface area contributed by atoms with Crippen LogP contribution in [0, 0.1) is 11.8 Å². The Kier molecular flexibility index (Phi) is 6.22. The first kappa shape index (κ1) is 24.7. The highest BCUT2D eigenvalue weighted by atomic mass is 16.5. The number of likely N-dealkylation sites (tertiary alicyclic amines) is 1. The molecule has 0 spiro atoms. The number of ether oxygens (including phenoxy) is 1. The molecule has 2 aromatic carbocycles. The third-order valence-corrected chi connectivity index (χ3v) is 8.23. The van der Waals surface area contributed by atoms with Crippen molar-refractivity contribution in [1.82, 2.24) is 24.0 Å². The fourth-order valence-corrected chi connectivity index (χ4v) is 5.79. The Morgan fingerprint density at radius 2 is 1.87 bits per heavy atom. The predicted octanol–water partition coefficient (Wildman–Crippen LogP) is 4.81. The largest absolute Gasteiger partial charge is 0.494 e. The second-order valence-corrected chi connectivity index (χ2v) is 10.9. The van der Waals surface area contributed by atoms with E-state index in [4.69, 9.17) is 20.4 Å². The zero-order chi connectivity index (χ0) is 26.6. The zero-order valence-electron chi connectivity index (χ0n) is 22.6. The van der Waals surface area contributed by atoms with Gasteiger partial charge >= 0.3 is 0 Å². The predicted molar refractivity (Wildman–Crippen MR) is 149 cm³/mol. The number of imidazole rings is 2. The van der Waals surface area contributed by atoms with E-state index in [-0.39, 0.29) is 23.9 Å². The number of carbonyl (C=O) groups excluding carboxylic acids is 1. The number of nitrogens with two attached hydrogens (primary N) is 1. The summed E-state index contributed by atoms with van der Waals surface area (Å²) in [7, 11) is 1.64. The fraction of sp³-hybridized carbons (Fsp3) is 0.433. The van der Waals surface area contributed by atoms with Crippen molar-refractivity contribution in [3.8, 4) is 28.7 Å². The van der Waals surface area contributed by atoms with Crippen LogP contribution in [0.25, 0.3) is 33.9 Å². The molecule has 4 aromatic rings. The van der Waals surface area contributed by atoms with E-state index in [9.17, 15) is 4.79 Å². The summed E-state index contributed by atoms with van der Waals surface area (Å²) in [4.78, 5) is 25.6. The molecule has 8 heteroatoms. The van der Waals surface area contributed by atoms with E-state index < -0.39 is 0 Å². The molecule has 0 unspecified atom stereocenters. The summed E-state index contributed by atoms with van der Waals surface area (Å²) in [6, 6.07) is 14.0. The lowest BCUT2D eigenvalue weighted by atomic mass is 10.0. The fourth-order valence-electron chi connectivity index (χ4n) is 5.79. The molecule has 0 radical (unpaired) electrons. The summed E-state index contributed by atoms with van der Waals surface area (Å²) < 4.78 is 10.2. The highest BCUT2D eigenvalue weighted by Crippen LogP contribution is 2.36. The second-order valence-electron chi connectivity index (χ2n) is 10.9. The number of methoxy groups -OCH3 is 1. The Bertz CT molecular complexity index is 1490. The molecule has 2 N–H and O–H groups in total.